The Morgan fingerprint density at radius 3 is 2.57 bits per heavy atom. The Hall–Kier alpha value is -2.04. The Labute approximate surface area is 137 Å². The Kier molecular flexibility index (Phi) is 5.29. The number of amides is 1. The summed E-state index contributed by atoms with van der Waals surface area (Å²) in [5.74, 6) is 0.369. The highest BCUT2D eigenvalue weighted by Crippen LogP contribution is 2.41. The molecule has 0 aliphatic carbocycles. The van der Waals surface area contributed by atoms with Crippen molar-refractivity contribution in [2.24, 2.45) is 5.92 Å². The van der Waals surface area contributed by atoms with Crippen LogP contribution in [0.5, 0.6) is 5.75 Å². The average molecular weight is 319 g/mol. The van der Waals surface area contributed by atoms with E-state index in [-0.39, 0.29) is 24.3 Å². The van der Waals surface area contributed by atoms with Crippen molar-refractivity contribution in [3.05, 3.63) is 23.8 Å². The highest BCUT2D eigenvalue weighted by atomic mass is 16.5. The maximum atomic E-state index is 12.7. The zero-order chi connectivity index (χ0) is 17.1. The second-order valence-electron chi connectivity index (χ2n) is 6.36. The SMILES string of the molecule is CCOC(=O)CN1C(=O)[C@H](C(C)C)Oc2c(C(C)C)cccc21. The van der Waals surface area contributed by atoms with Gasteiger partial charge in [-0.15, -0.1) is 0 Å². The molecule has 0 spiro atoms. The van der Waals surface area contributed by atoms with Crippen LogP contribution in [0.4, 0.5) is 5.69 Å². The summed E-state index contributed by atoms with van der Waals surface area (Å²) in [6.07, 6.45) is -0.586. The quantitative estimate of drug-likeness (QED) is 0.783. The van der Waals surface area contributed by atoms with Crippen LogP contribution in [-0.4, -0.2) is 31.1 Å². The van der Waals surface area contributed by atoms with Gasteiger partial charge in [-0.3, -0.25) is 14.5 Å². The Morgan fingerprint density at radius 2 is 2.00 bits per heavy atom. The molecule has 0 saturated heterocycles. The van der Waals surface area contributed by atoms with Crippen LogP contribution < -0.4 is 9.64 Å². The molecule has 126 valence electrons. The van der Waals surface area contributed by atoms with E-state index in [1.807, 2.05) is 32.0 Å². The summed E-state index contributed by atoms with van der Waals surface area (Å²) in [7, 11) is 0. The minimum atomic E-state index is -0.586. The predicted molar refractivity (Wildman–Crippen MR) is 88.8 cm³/mol. The molecule has 1 aromatic rings. The van der Waals surface area contributed by atoms with Gasteiger partial charge in [0.15, 0.2) is 6.10 Å². The molecule has 1 aliphatic heterocycles. The summed E-state index contributed by atoms with van der Waals surface area (Å²) in [5.41, 5.74) is 1.68. The maximum Gasteiger partial charge on any atom is 0.326 e. The number of fused-ring (bicyclic) bond motifs is 1. The van der Waals surface area contributed by atoms with Crippen LogP contribution >= 0.6 is 0 Å². The fourth-order valence-electron chi connectivity index (χ4n) is 2.71. The molecular formula is C18H25NO4. The second-order valence-corrected chi connectivity index (χ2v) is 6.36. The number of esters is 1. The Balaban J connectivity index is 2.47. The van der Waals surface area contributed by atoms with Gasteiger partial charge in [0, 0.05) is 0 Å². The molecule has 23 heavy (non-hydrogen) atoms. The third-order valence-electron chi connectivity index (χ3n) is 3.89. The van der Waals surface area contributed by atoms with Crippen molar-refractivity contribution in [2.45, 2.75) is 46.6 Å². The van der Waals surface area contributed by atoms with Crippen molar-refractivity contribution in [3.63, 3.8) is 0 Å². The molecule has 0 unspecified atom stereocenters. The van der Waals surface area contributed by atoms with E-state index in [1.54, 1.807) is 6.92 Å². The normalized spacial score (nSPS) is 17.3. The molecule has 0 radical (unpaired) electrons. The first-order valence-electron chi connectivity index (χ1n) is 8.13. The lowest BCUT2D eigenvalue weighted by Gasteiger charge is -2.36. The largest absolute Gasteiger partial charge is 0.478 e. The molecule has 1 amide bonds. The van der Waals surface area contributed by atoms with Crippen LogP contribution in [0.25, 0.3) is 0 Å². The van der Waals surface area contributed by atoms with E-state index in [4.69, 9.17) is 9.47 Å². The Bertz CT molecular complexity index is 595. The van der Waals surface area contributed by atoms with Gasteiger partial charge < -0.3 is 9.47 Å². The zero-order valence-electron chi connectivity index (χ0n) is 14.5. The summed E-state index contributed by atoms with van der Waals surface area (Å²) >= 11 is 0. The van der Waals surface area contributed by atoms with Gasteiger partial charge in [0.2, 0.25) is 0 Å². The minimum Gasteiger partial charge on any atom is -0.478 e. The van der Waals surface area contributed by atoms with Crippen LogP contribution in [-0.2, 0) is 14.3 Å². The highest BCUT2D eigenvalue weighted by molar-refractivity contribution is 6.03. The van der Waals surface area contributed by atoms with Crippen LogP contribution in [0.2, 0.25) is 0 Å². The van der Waals surface area contributed by atoms with Gasteiger partial charge in [0.05, 0.1) is 12.3 Å². The number of hydrogen-bond donors (Lipinski definition) is 0. The molecule has 0 fully saturated rings. The fraction of sp³-hybridized carbons (Fsp3) is 0.556. The van der Waals surface area contributed by atoms with Crippen LogP contribution in [0.15, 0.2) is 18.2 Å². The third-order valence-corrected chi connectivity index (χ3v) is 3.89. The number of rotatable bonds is 5. The van der Waals surface area contributed by atoms with Crippen molar-refractivity contribution < 1.29 is 19.1 Å². The Morgan fingerprint density at radius 1 is 1.30 bits per heavy atom. The van der Waals surface area contributed by atoms with Gasteiger partial charge in [0.25, 0.3) is 5.91 Å². The van der Waals surface area contributed by atoms with Crippen molar-refractivity contribution in [2.75, 3.05) is 18.1 Å². The molecule has 0 aromatic heterocycles. The molecule has 5 nitrogen and oxygen atoms in total. The molecule has 1 aromatic carbocycles. The lowest BCUT2D eigenvalue weighted by atomic mass is 9.97. The number of para-hydroxylation sites is 1. The molecule has 1 heterocycles. The number of nitrogens with zero attached hydrogens (tertiary/aromatic N) is 1. The van der Waals surface area contributed by atoms with Gasteiger partial charge in [-0.2, -0.15) is 0 Å². The number of benzene rings is 1. The number of carbonyl (C=O) groups is 2. The molecule has 0 bridgehead atoms. The summed E-state index contributed by atoms with van der Waals surface area (Å²) < 4.78 is 11.0. The lowest BCUT2D eigenvalue weighted by Crippen LogP contribution is -2.50. The van der Waals surface area contributed by atoms with E-state index >= 15 is 0 Å². The first-order chi connectivity index (χ1) is 10.9. The van der Waals surface area contributed by atoms with Crippen molar-refractivity contribution in [3.8, 4) is 5.75 Å². The molecule has 0 saturated carbocycles. The number of carbonyl (C=O) groups excluding carboxylic acids is 2. The van der Waals surface area contributed by atoms with Crippen LogP contribution in [0.1, 0.15) is 46.1 Å². The van der Waals surface area contributed by atoms with Crippen LogP contribution in [0.3, 0.4) is 0 Å². The van der Waals surface area contributed by atoms with E-state index in [0.717, 1.165) is 5.56 Å². The predicted octanol–water partition coefficient (Wildman–Crippen LogP) is 3.12. The van der Waals surface area contributed by atoms with Gasteiger partial charge in [0.1, 0.15) is 12.3 Å². The smallest absolute Gasteiger partial charge is 0.326 e. The summed E-state index contributed by atoms with van der Waals surface area (Å²) in [6, 6.07) is 5.70. The van der Waals surface area contributed by atoms with Gasteiger partial charge >= 0.3 is 5.97 Å². The zero-order valence-corrected chi connectivity index (χ0v) is 14.5. The maximum absolute atomic E-state index is 12.7. The van der Waals surface area contributed by atoms with Gasteiger partial charge in [-0.05, 0) is 30.4 Å². The molecule has 1 aliphatic rings. The monoisotopic (exact) mass is 319 g/mol. The summed E-state index contributed by atoms with van der Waals surface area (Å²) in [4.78, 5) is 26.1. The third kappa shape index (κ3) is 3.49. The van der Waals surface area contributed by atoms with Gasteiger partial charge in [-0.25, -0.2) is 0 Å². The topological polar surface area (TPSA) is 55.8 Å². The first kappa shape index (κ1) is 17.3. The van der Waals surface area contributed by atoms with E-state index in [1.165, 1.54) is 4.90 Å². The van der Waals surface area contributed by atoms with Crippen molar-refractivity contribution in [1.82, 2.24) is 0 Å². The van der Waals surface area contributed by atoms with Crippen molar-refractivity contribution >= 4 is 17.6 Å². The molecule has 5 heteroatoms. The summed E-state index contributed by atoms with van der Waals surface area (Å²) in [6.45, 7) is 9.99. The number of anilines is 1. The second kappa shape index (κ2) is 7.02. The molecule has 1 atom stereocenters. The van der Waals surface area contributed by atoms with Gasteiger partial charge in [-0.1, -0.05) is 39.8 Å². The standard InChI is InChI=1S/C18H25NO4/c1-6-22-15(20)10-19-14-9-7-8-13(11(2)3)17(14)23-16(12(4)5)18(19)21/h7-9,11-12,16H,6,10H2,1-5H3/t16-/m0/s1. The lowest BCUT2D eigenvalue weighted by molar-refractivity contribution is -0.143. The van der Waals surface area contributed by atoms with E-state index < -0.39 is 12.1 Å². The van der Waals surface area contributed by atoms with E-state index in [2.05, 4.69) is 13.8 Å². The first-order valence-corrected chi connectivity index (χ1v) is 8.13. The highest BCUT2D eigenvalue weighted by Gasteiger charge is 2.38. The van der Waals surface area contributed by atoms with E-state index in [0.29, 0.717) is 18.0 Å². The minimum absolute atomic E-state index is 0.0144. The number of ether oxygens (including phenoxy) is 2. The molecule has 0 N–H and O–H groups in total. The average Bonchev–Trinajstić information content (AvgIpc) is 2.49. The molecular weight excluding hydrogens is 294 g/mol. The van der Waals surface area contributed by atoms with E-state index in [9.17, 15) is 9.59 Å². The van der Waals surface area contributed by atoms with Crippen LogP contribution in [0, 0.1) is 5.92 Å². The number of hydrogen-bond acceptors (Lipinski definition) is 4. The van der Waals surface area contributed by atoms with Crippen molar-refractivity contribution in [1.29, 1.82) is 0 Å². The fourth-order valence-corrected chi connectivity index (χ4v) is 2.71. The molecule has 2 rings (SSSR count). The summed E-state index contributed by atoms with van der Waals surface area (Å²) in [5, 5.41) is 0.